The molecule has 0 spiro atoms. The number of halogens is 1. The summed E-state index contributed by atoms with van der Waals surface area (Å²) in [6.07, 6.45) is 9.69. The van der Waals surface area contributed by atoms with Crippen molar-refractivity contribution >= 4 is 33.3 Å². The van der Waals surface area contributed by atoms with Gasteiger partial charge in [0.2, 0.25) is 11.6 Å². The third-order valence-corrected chi connectivity index (χ3v) is 7.50. The molecule has 3 atom stereocenters. The summed E-state index contributed by atoms with van der Waals surface area (Å²) in [5.41, 5.74) is 9.31. The molecule has 2 saturated heterocycles. The second-order valence-corrected chi connectivity index (χ2v) is 9.29. The number of nitrogen functional groups attached to an aromatic ring is 1. The number of anilines is 1. The first-order valence-corrected chi connectivity index (χ1v) is 11.6. The van der Waals surface area contributed by atoms with Crippen LogP contribution in [0.25, 0.3) is 16.8 Å². The van der Waals surface area contributed by atoms with Gasteiger partial charge in [-0.3, -0.25) is 4.79 Å². The maximum Gasteiger partial charge on any atom is 0.292 e. The maximum atomic E-state index is 13.0. The molecule has 3 N–H and O–H groups in total. The first-order valence-electron chi connectivity index (χ1n) is 10.8. The van der Waals surface area contributed by atoms with Crippen LogP contribution >= 0.6 is 15.9 Å². The topological polar surface area (TPSA) is 168 Å². The van der Waals surface area contributed by atoms with Crippen molar-refractivity contribution in [1.82, 2.24) is 44.6 Å². The average Bonchev–Trinajstić information content (AvgIpc) is 3.59. The molecule has 6 heterocycles. The van der Waals surface area contributed by atoms with Gasteiger partial charge in [0.05, 0.1) is 16.4 Å². The van der Waals surface area contributed by atoms with Crippen molar-refractivity contribution in [2.24, 2.45) is 0 Å². The Hall–Kier alpha value is -3.92. The SMILES string of the molecule is N#Cc1ncc(-c2cnn3c(N)c(Br)c(C4C[C@H]5CC[C@@H](C4)N5C(=O)c4nnc[nH]4)nc23)cn1. The summed E-state index contributed by atoms with van der Waals surface area (Å²) in [6.45, 7) is 0. The van der Waals surface area contributed by atoms with E-state index in [1.165, 1.54) is 6.33 Å². The number of fused-ring (bicyclic) bond motifs is 3. The van der Waals surface area contributed by atoms with Gasteiger partial charge in [-0.05, 0) is 41.6 Å². The smallest absolute Gasteiger partial charge is 0.292 e. The van der Waals surface area contributed by atoms with E-state index in [4.69, 9.17) is 16.0 Å². The van der Waals surface area contributed by atoms with Gasteiger partial charge >= 0.3 is 0 Å². The standard InChI is InChI=1S/C21H18BrN11O/c22-16-17(10-3-12-1-2-13(4-10)32(12)21(34)19-27-9-28-31-19)30-20-14(8-29-33(20)18(16)24)11-6-25-15(5-23)26-7-11/h6-10,12-13H,1-4,24H2,(H,27,28,31)/t10?,12-,13+. The van der Waals surface area contributed by atoms with Gasteiger partial charge in [0.1, 0.15) is 18.2 Å². The predicted octanol–water partition coefficient (Wildman–Crippen LogP) is 2.07. The monoisotopic (exact) mass is 519 g/mol. The number of aromatic nitrogens is 8. The van der Waals surface area contributed by atoms with E-state index in [2.05, 4.69) is 46.2 Å². The van der Waals surface area contributed by atoms with Gasteiger partial charge < -0.3 is 15.6 Å². The Morgan fingerprint density at radius 2 is 1.94 bits per heavy atom. The number of amides is 1. The van der Waals surface area contributed by atoms with Crippen LogP contribution in [0, 0.1) is 11.3 Å². The van der Waals surface area contributed by atoms with Crippen LogP contribution in [0.3, 0.4) is 0 Å². The number of H-pyrrole nitrogens is 1. The Morgan fingerprint density at radius 3 is 2.59 bits per heavy atom. The summed E-state index contributed by atoms with van der Waals surface area (Å²) in [5, 5.41) is 21.0. The van der Waals surface area contributed by atoms with Gasteiger partial charge in [-0.25, -0.2) is 15.0 Å². The molecule has 2 aliphatic heterocycles. The van der Waals surface area contributed by atoms with Gasteiger partial charge in [-0.15, -0.1) is 10.2 Å². The molecule has 1 unspecified atom stereocenters. The lowest BCUT2D eigenvalue weighted by Gasteiger charge is -2.38. The first-order chi connectivity index (χ1) is 16.5. The highest BCUT2D eigenvalue weighted by molar-refractivity contribution is 9.10. The third-order valence-electron chi connectivity index (χ3n) is 6.68. The van der Waals surface area contributed by atoms with Crippen LogP contribution in [0.5, 0.6) is 0 Å². The minimum absolute atomic E-state index is 0.0956. The van der Waals surface area contributed by atoms with Crippen molar-refractivity contribution in [3.05, 3.63) is 46.7 Å². The Bertz CT molecular complexity index is 1430. The summed E-state index contributed by atoms with van der Waals surface area (Å²) in [5.74, 6) is 0.836. The van der Waals surface area contributed by atoms with Crippen LogP contribution in [0.15, 0.2) is 29.4 Å². The minimum atomic E-state index is -0.107. The molecule has 34 heavy (non-hydrogen) atoms. The highest BCUT2D eigenvalue weighted by Gasteiger charge is 2.45. The molecule has 0 saturated carbocycles. The zero-order valence-electron chi connectivity index (χ0n) is 17.8. The molecule has 2 aliphatic rings. The Morgan fingerprint density at radius 1 is 1.21 bits per heavy atom. The summed E-state index contributed by atoms with van der Waals surface area (Å²) < 4.78 is 2.29. The number of nitrogens with zero attached hydrogens (tertiary/aromatic N) is 9. The molecule has 2 bridgehead atoms. The summed E-state index contributed by atoms with van der Waals surface area (Å²) >= 11 is 3.64. The van der Waals surface area contributed by atoms with Crippen molar-refractivity contribution in [2.75, 3.05) is 5.73 Å². The van der Waals surface area contributed by atoms with E-state index in [9.17, 15) is 4.79 Å². The van der Waals surface area contributed by atoms with Crippen LogP contribution in [0.1, 0.15) is 53.7 Å². The Labute approximate surface area is 201 Å². The number of carbonyl (C=O) groups excluding carboxylic acids is 1. The van der Waals surface area contributed by atoms with Gasteiger partial charge in [0.25, 0.3) is 5.91 Å². The molecule has 0 radical (unpaired) electrons. The lowest BCUT2D eigenvalue weighted by molar-refractivity contribution is 0.0557. The molecule has 1 amide bonds. The molecule has 4 aromatic heterocycles. The number of rotatable bonds is 3. The number of hydrogen-bond donors (Lipinski definition) is 2. The minimum Gasteiger partial charge on any atom is -0.383 e. The van der Waals surface area contributed by atoms with Gasteiger partial charge in [-0.1, -0.05) is 0 Å². The summed E-state index contributed by atoms with van der Waals surface area (Å²) in [7, 11) is 0. The number of piperidine rings is 1. The van der Waals surface area contributed by atoms with E-state index < -0.39 is 0 Å². The first kappa shape index (κ1) is 20.7. The van der Waals surface area contributed by atoms with Crippen LogP contribution in [-0.4, -0.2) is 62.6 Å². The van der Waals surface area contributed by atoms with Crippen molar-refractivity contribution in [3.8, 4) is 17.2 Å². The number of nitrogens with one attached hydrogen (secondary N) is 1. The van der Waals surface area contributed by atoms with Crippen molar-refractivity contribution < 1.29 is 4.79 Å². The van der Waals surface area contributed by atoms with E-state index in [0.29, 0.717) is 21.5 Å². The quantitative estimate of drug-likeness (QED) is 0.411. The molecule has 170 valence electrons. The average molecular weight is 520 g/mol. The van der Waals surface area contributed by atoms with E-state index in [1.807, 2.05) is 11.0 Å². The number of hydrogen-bond acceptors (Lipinski definition) is 9. The van der Waals surface area contributed by atoms with Gasteiger partial charge in [-0.2, -0.15) is 14.9 Å². The summed E-state index contributed by atoms with van der Waals surface area (Å²) in [6, 6.07) is 2.12. The molecule has 12 nitrogen and oxygen atoms in total. The lowest BCUT2D eigenvalue weighted by Crippen LogP contribution is -2.46. The molecule has 2 fully saturated rings. The Kier molecular flexibility index (Phi) is 4.77. The zero-order valence-corrected chi connectivity index (χ0v) is 19.3. The van der Waals surface area contributed by atoms with Crippen LogP contribution < -0.4 is 5.73 Å². The molecule has 0 aromatic carbocycles. The number of nitriles is 1. The molecule has 13 heteroatoms. The lowest BCUT2D eigenvalue weighted by atomic mass is 9.87. The van der Waals surface area contributed by atoms with E-state index in [0.717, 1.165) is 36.9 Å². The molecule has 0 aliphatic carbocycles. The fraction of sp³-hybridized carbons (Fsp3) is 0.333. The number of carbonyl (C=O) groups is 1. The van der Waals surface area contributed by atoms with Crippen molar-refractivity contribution in [2.45, 2.75) is 43.7 Å². The van der Waals surface area contributed by atoms with E-state index >= 15 is 0 Å². The molecule has 4 aromatic rings. The fourth-order valence-corrected chi connectivity index (χ4v) is 5.76. The second kappa shape index (κ2) is 7.84. The second-order valence-electron chi connectivity index (χ2n) is 8.50. The fourth-order valence-electron chi connectivity index (χ4n) is 5.18. The molecule has 6 rings (SSSR count). The van der Waals surface area contributed by atoms with Crippen molar-refractivity contribution in [1.29, 1.82) is 5.26 Å². The summed E-state index contributed by atoms with van der Waals surface area (Å²) in [4.78, 5) is 30.8. The molecular weight excluding hydrogens is 502 g/mol. The Balaban J connectivity index is 1.36. The van der Waals surface area contributed by atoms with Gasteiger partial charge in [0, 0.05) is 41.5 Å². The number of nitrogens with two attached hydrogens (primary N) is 1. The third kappa shape index (κ3) is 3.13. The maximum absolute atomic E-state index is 13.0. The zero-order chi connectivity index (χ0) is 23.4. The van der Waals surface area contributed by atoms with Gasteiger partial charge in [0.15, 0.2) is 5.65 Å². The highest BCUT2D eigenvalue weighted by Crippen LogP contribution is 2.45. The van der Waals surface area contributed by atoms with Crippen LogP contribution in [0.2, 0.25) is 0 Å². The normalized spacial score (nSPS) is 21.6. The van der Waals surface area contributed by atoms with Crippen molar-refractivity contribution in [3.63, 3.8) is 0 Å². The number of aromatic amines is 1. The van der Waals surface area contributed by atoms with Crippen LogP contribution in [0.4, 0.5) is 5.82 Å². The van der Waals surface area contributed by atoms with E-state index in [-0.39, 0.29) is 35.6 Å². The van der Waals surface area contributed by atoms with Crippen LogP contribution in [-0.2, 0) is 0 Å². The van der Waals surface area contributed by atoms with E-state index in [1.54, 1.807) is 23.1 Å². The largest absolute Gasteiger partial charge is 0.383 e. The molecular formula is C21H18BrN11O. The highest BCUT2D eigenvalue weighted by atomic mass is 79.9. The predicted molar refractivity (Wildman–Crippen MR) is 122 cm³/mol.